The molecule has 0 fully saturated rings. The van der Waals surface area contributed by atoms with Crippen molar-refractivity contribution >= 4 is 23.6 Å². The second-order valence-electron chi connectivity index (χ2n) is 4.28. The van der Waals surface area contributed by atoms with Gasteiger partial charge in [0.05, 0.1) is 12.9 Å². The maximum Gasteiger partial charge on any atom is 0.230 e. The smallest absolute Gasteiger partial charge is 0.230 e. The van der Waals surface area contributed by atoms with Gasteiger partial charge in [0, 0.05) is 19.2 Å². The molecule has 21 heavy (non-hydrogen) atoms. The molecule has 0 aliphatic carbocycles. The number of hydrogen-bond donors (Lipinski definition) is 2. The number of nitrogens with two attached hydrogens (primary N) is 1. The molecule has 0 radical (unpaired) electrons. The highest BCUT2D eigenvalue weighted by Gasteiger charge is 2.10. The zero-order chi connectivity index (χ0) is 15.2. The van der Waals surface area contributed by atoms with Gasteiger partial charge in [-0.05, 0) is 6.07 Å². The van der Waals surface area contributed by atoms with Crippen LogP contribution in [0.2, 0.25) is 0 Å². The summed E-state index contributed by atoms with van der Waals surface area (Å²) in [4.78, 5) is 11.8. The summed E-state index contributed by atoms with van der Waals surface area (Å²) in [6.45, 7) is 0.421. The van der Waals surface area contributed by atoms with Crippen molar-refractivity contribution in [1.82, 2.24) is 20.1 Å². The molecule has 0 unspecified atom stereocenters. The summed E-state index contributed by atoms with van der Waals surface area (Å²) < 4.78 is 6.87. The number of hydrogen-bond acceptors (Lipinski definition) is 6. The molecule has 2 rings (SSSR count). The number of carbonyl (C=O) groups is 1. The molecule has 3 N–H and O–H groups in total. The van der Waals surface area contributed by atoms with Crippen molar-refractivity contribution in [2.75, 3.05) is 18.6 Å². The van der Waals surface area contributed by atoms with Gasteiger partial charge in [-0.1, -0.05) is 30.0 Å². The molecular formula is C13H17N5O2S. The quantitative estimate of drug-likeness (QED) is 0.767. The third-order valence-electron chi connectivity index (χ3n) is 2.87. The van der Waals surface area contributed by atoms with Gasteiger partial charge in [-0.15, -0.1) is 10.2 Å². The molecule has 0 aliphatic heterocycles. The Morgan fingerprint density at radius 2 is 2.19 bits per heavy atom. The van der Waals surface area contributed by atoms with Crippen LogP contribution in [0.3, 0.4) is 0 Å². The van der Waals surface area contributed by atoms with Gasteiger partial charge in [-0.3, -0.25) is 9.36 Å². The highest BCUT2D eigenvalue weighted by molar-refractivity contribution is 7.99. The summed E-state index contributed by atoms with van der Waals surface area (Å²) in [5.74, 6) is 1.24. The Hall–Kier alpha value is -2.22. The van der Waals surface area contributed by atoms with E-state index in [9.17, 15) is 4.79 Å². The number of rotatable bonds is 6. The van der Waals surface area contributed by atoms with Gasteiger partial charge in [-0.25, -0.2) is 0 Å². The minimum absolute atomic E-state index is 0.0903. The molecule has 0 atom stereocenters. The Balaban J connectivity index is 1.84. The molecule has 0 spiro atoms. The molecular weight excluding hydrogens is 290 g/mol. The zero-order valence-electron chi connectivity index (χ0n) is 11.9. The molecule has 1 aromatic heterocycles. The third-order valence-corrected chi connectivity index (χ3v) is 3.89. The van der Waals surface area contributed by atoms with Crippen molar-refractivity contribution < 1.29 is 9.53 Å². The third kappa shape index (κ3) is 3.88. The second kappa shape index (κ2) is 6.98. The number of aromatic nitrogens is 3. The van der Waals surface area contributed by atoms with E-state index in [2.05, 4.69) is 15.5 Å². The highest BCUT2D eigenvalue weighted by Crippen LogP contribution is 2.18. The lowest BCUT2D eigenvalue weighted by atomic mass is 10.2. The van der Waals surface area contributed by atoms with Gasteiger partial charge in [0.2, 0.25) is 11.9 Å². The minimum atomic E-state index is -0.0903. The largest absolute Gasteiger partial charge is 0.496 e. The maximum atomic E-state index is 11.8. The van der Waals surface area contributed by atoms with E-state index in [1.54, 1.807) is 18.7 Å². The van der Waals surface area contributed by atoms with Crippen molar-refractivity contribution in [1.29, 1.82) is 0 Å². The first-order valence-electron chi connectivity index (χ1n) is 6.28. The summed E-state index contributed by atoms with van der Waals surface area (Å²) in [5, 5.41) is 11.1. The van der Waals surface area contributed by atoms with Crippen LogP contribution in [0, 0.1) is 0 Å². The SMILES string of the molecule is COc1ccccc1CNC(=O)CSc1nnc(N)n1C. The fourth-order valence-electron chi connectivity index (χ4n) is 1.68. The maximum absolute atomic E-state index is 11.8. The van der Waals surface area contributed by atoms with Crippen molar-refractivity contribution in [2.45, 2.75) is 11.7 Å². The lowest BCUT2D eigenvalue weighted by Gasteiger charge is -2.09. The first kappa shape index (κ1) is 15.2. The van der Waals surface area contributed by atoms with Gasteiger partial charge in [-0.2, -0.15) is 0 Å². The number of carbonyl (C=O) groups excluding carboxylic acids is 1. The van der Waals surface area contributed by atoms with Gasteiger partial charge in [0.25, 0.3) is 0 Å². The van der Waals surface area contributed by atoms with Crippen LogP contribution >= 0.6 is 11.8 Å². The summed E-state index contributed by atoms with van der Waals surface area (Å²) in [5.41, 5.74) is 6.51. The number of nitrogens with one attached hydrogen (secondary N) is 1. The number of nitrogens with zero attached hydrogens (tertiary/aromatic N) is 3. The van der Waals surface area contributed by atoms with Crippen molar-refractivity contribution in [3.63, 3.8) is 0 Å². The van der Waals surface area contributed by atoms with E-state index >= 15 is 0 Å². The minimum Gasteiger partial charge on any atom is -0.496 e. The van der Waals surface area contributed by atoms with Crippen LogP contribution in [0.25, 0.3) is 0 Å². The molecule has 0 saturated carbocycles. The van der Waals surface area contributed by atoms with Gasteiger partial charge in [0.15, 0.2) is 5.16 Å². The fourth-order valence-corrected chi connectivity index (χ4v) is 2.42. The average molecular weight is 307 g/mol. The average Bonchev–Trinajstić information content (AvgIpc) is 2.82. The Morgan fingerprint density at radius 1 is 1.43 bits per heavy atom. The number of benzene rings is 1. The van der Waals surface area contributed by atoms with Crippen molar-refractivity contribution in [3.05, 3.63) is 29.8 Å². The van der Waals surface area contributed by atoms with E-state index in [1.165, 1.54) is 11.8 Å². The number of para-hydroxylation sites is 1. The Morgan fingerprint density at radius 3 is 2.86 bits per heavy atom. The molecule has 2 aromatic rings. The van der Waals surface area contributed by atoms with Crippen molar-refractivity contribution in [2.24, 2.45) is 7.05 Å². The Labute approximate surface area is 126 Å². The number of methoxy groups -OCH3 is 1. The molecule has 1 heterocycles. The predicted molar refractivity (Wildman–Crippen MR) is 81.0 cm³/mol. The molecule has 1 amide bonds. The van der Waals surface area contributed by atoms with E-state index in [0.29, 0.717) is 17.6 Å². The number of thioether (sulfide) groups is 1. The van der Waals surface area contributed by atoms with Crippen LogP contribution in [-0.4, -0.2) is 33.5 Å². The summed E-state index contributed by atoms with van der Waals surface area (Å²) >= 11 is 1.29. The van der Waals surface area contributed by atoms with E-state index in [4.69, 9.17) is 10.5 Å². The predicted octanol–water partition coefficient (Wildman–Crippen LogP) is 0.814. The molecule has 8 heteroatoms. The van der Waals surface area contributed by atoms with Crippen LogP contribution in [0.5, 0.6) is 5.75 Å². The van der Waals surface area contributed by atoms with Crippen molar-refractivity contribution in [3.8, 4) is 5.75 Å². The summed E-state index contributed by atoms with van der Waals surface area (Å²) in [6, 6.07) is 7.56. The zero-order valence-corrected chi connectivity index (χ0v) is 12.7. The number of ether oxygens (including phenoxy) is 1. The lowest BCUT2D eigenvalue weighted by Crippen LogP contribution is -2.25. The second-order valence-corrected chi connectivity index (χ2v) is 5.22. The van der Waals surface area contributed by atoms with E-state index in [0.717, 1.165) is 11.3 Å². The lowest BCUT2D eigenvalue weighted by molar-refractivity contribution is -0.118. The Kier molecular flexibility index (Phi) is 5.04. The molecule has 7 nitrogen and oxygen atoms in total. The van der Waals surface area contributed by atoms with E-state index in [1.807, 2.05) is 24.3 Å². The van der Waals surface area contributed by atoms with E-state index < -0.39 is 0 Å². The normalized spacial score (nSPS) is 10.4. The fraction of sp³-hybridized carbons (Fsp3) is 0.308. The first-order valence-corrected chi connectivity index (χ1v) is 7.26. The van der Waals surface area contributed by atoms with Crippen LogP contribution in [-0.2, 0) is 18.4 Å². The van der Waals surface area contributed by atoms with Gasteiger partial charge < -0.3 is 15.8 Å². The summed E-state index contributed by atoms with van der Waals surface area (Å²) in [6.07, 6.45) is 0. The molecule has 1 aromatic carbocycles. The molecule has 0 bridgehead atoms. The van der Waals surface area contributed by atoms with Crippen LogP contribution in [0.15, 0.2) is 29.4 Å². The number of nitrogen functional groups attached to an aromatic ring is 1. The number of anilines is 1. The molecule has 0 aliphatic rings. The van der Waals surface area contributed by atoms with Gasteiger partial charge in [0.1, 0.15) is 5.75 Å². The van der Waals surface area contributed by atoms with Crippen LogP contribution < -0.4 is 15.8 Å². The highest BCUT2D eigenvalue weighted by atomic mass is 32.2. The van der Waals surface area contributed by atoms with E-state index in [-0.39, 0.29) is 11.7 Å². The Bertz CT molecular complexity index is 629. The first-order chi connectivity index (χ1) is 10.1. The number of amides is 1. The monoisotopic (exact) mass is 307 g/mol. The molecule has 112 valence electrons. The topological polar surface area (TPSA) is 95.1 Å². The van der Waals surface area contributed by atoms with Crippen LogP contribution in [0.1, 0.15) is 5.56 Å². The molecule has 0 saturated heterocycles. The van der Waals surface area contributed by atoms with Crippen LogP contribution in [0.4, 0.5) is 5.95 Å². The summed E-state index contributed by atoms with van der Waals surface area (Å²) in [7, 11) is 3.36. The van der Waals surface area contributed by atoms with Gasteiger partial charge >= 0.3 is 0 Å². The standard InChI is InChI=1S/C13H17N5O2S/c1-18-12(14)16-17-13(18)21-8-11(19)15-7-9-5-3-4-6-10(9)20-2/h3-6H,7-8H2,1-2H3,(H2,14,16)(H,15,19).